The van der Waals surface area contributed by atoms with Crippen LogP contribution >= 0.6 is 0 Å². The van der Waals surface area contributed by atoms with E-state index in [4.69, 9.17) is 0 Å². The van der Waals surface area contributed by atoms with E-state index in [1.165, 1.54) is 57.8 Å². The minimum absolute atomic E-state index is 0.822. The van der Waals surface area contributed by atoms with Crippen molar-refractivity contribution in [3.05, 3.63) is 23.8 Å². The standard InChI is InChI=1S/C18H30/c1-15(2)17-14-13-16-11-9-7-5-3-4-6-8-10-12-18(16)17/h8,10,12,15-17H,3-7,9,11,13-14H2,1-2H3/b10-8+,18-12?. The molecule has 0 heteroatoms. The van der Waals surface area contributed by atoms with E-state index in [-0.39, 0.29) is 0 Å². The lowest BCUT2D eigenvalue weighted by atomic mass is 9.86. The third-order valence-corrected chi connectivity index (χ3v) is 4.88. The Bertz CT molecular complexity index is 295. The SMILES string of the molecule is CC(C)C1CCC2CCCCCCC/C=C/C=C21. The van der Waals surface area contributed by atoms with E-state index in [0.717, 1.165) is 17.8 Å². The Kier molecular flexibility index (Phi) is 5.53. The molecule has 0 nitrogen and oxygen atoms in total. The molecule has 2 aliphatic carbocycles. The Hall–Kier alpha value is -0.520. The zero-order valence-corrected chi connectivity index (χ0v) is 12.3. The Morgan fingerprint density at radius 2 is 1.72 bits per heavy atom. The molecule has 0 N–H and O–H groups in total. The zero-order chi connectivity index (χ0) is 12.8. The second-order valence-electron chi connectivity index (χ2n) is 6.56. The summed E-state index contributed by atoms with van der Waals surface area (Å²) in [5.74, 6) is 2.59. The molecule has 102 valence electrons. The zero-order valence-electron chi connectivity index (χ0n) is 12.3. The molecule has 2 unspecified atom stereocenters. The molecular formula is C18H30. The predicted octanol–water partition coefficient (Wildman–Crippen LogP) is 5.90. The summed E-state index contributed by atoms with van der Waals surface area (Å²) in [6, 6.07) is 0. The van der Waals surface area contributed by atoms with Crippen molar-refractivity contribution in [2.45, 2.75) is 71.6 Å². The molecule has 0 aromatic rings. The summed E-state index contributed by atoms with van der Waals surface area (Å²) < 4.78 is 0. The maximum atomic E-state index is 2.48. The van der Waals surface area contributed by atoms with Crippen LogP contribution in [0.25, 0.3) is 0 Å². The fourth-order valence-electron chi connectivity index (χ4n) is 3.76. The van der Waals surface area contributed by atoms with Crippen LogP contribution in [0, 0.1) is 17.8 Å². The lowest BCUT2D eigenvalue weighted by molar-refractivity contribution is 0.451. The van der Waals surface area contributed by atoms with E-state index < -0.39 is 0 Å². The van der Waals surface area contributed by atoms with E-state index in [2.05, 4.69) is 32.1 Å². The number of hydrogen-bond acceptors (Lipinski definition) is 0. The smallest absolute Gasteiger partial charge is 0.0174 e. The fourth-order valence-corrected chi connectivity index (χ4v) is 3.76. The van der Waals surface area contributed by atoms with Crippen LogP contribution in [-0.2, 0) is 0 Å². The Balaban J connectivity index is 2.08. The molecule has 0 amide bonds. The van der Waals surface area contributed by atoms with Crippen molar-refractivity contribution < 1.29 is 0 Å². The normalized spacial score (nSPS) is 32.3. The van der Waals surface area contributed by atoms with Gasteiger partial charge in [0.15, 0.2) is 0 Å². The number of allylic oxidation sites excluding steroid dienone is 4. The van der Waals surface area contributed by atoms with Gasteiger partial charge in [0.2, 0.25) is 0 Å². The van der Waals surface area contributed by atoms with E-state index >= 15 is 0 Å². The van der Waals surface area contributed by atoms with Gasteiger partial charge in [-0.2, -0.15) is 0 Å². The van der Waals surface area contributed by atoms with Crippen molar-refractivity contribution >= 4 is 0 Å². The van der Waals surface area contributed by atoms with E-state index in [1.807, 2.05) is 0 Å². The van der Waals surface area contributed by atoms with Crippen molar-refractivity contribution in [3.63, 3.8) is 0 Å². The number of rotatable bonds is 1. The molecule has 0 aromatic carbocycles. The van der Waals surface area contributed by atoms with Gasteiger partial charge in [-0.1, -0.05) is 63.3 Å². The highest BCUT2D eigenvalue weighted by Crippen LogP contribution is 2.43. The largest absolute Gasteiger partial charge is 0.0845 e. The highest BCUT2D eigenvalue weighted by Gasteiger charge is 2.31. The summed E-state index contributed by atoms with van der Waals surface area (Å²) in [6.45, 7) is 4.79. The number of hydrogen-bond donors (Lipinski definition) is 0. The quantitative estimate of drug-likeness (QED) is 0.540. The molecular weight excluding hydrogens is 216 g/mol. The maximum absolute atomic E-state index is 2.48. The highest BCUT2D eigenvalue weighted by atomic mass is 14.4. The van der Waals surface area contributed by atoms with Crippen molar-refractivity contribution in [1.29, 1.82) is 0 Å². The second-order valence-corrected chi connectivity index (χ2v) is 6.56. The third kappa shape index (κ3) is 3.73. The van der Waals surface area contributed by atoms with Crippen molar-refractivity contribution in [2.24, 2.45) is 17.8 Å². The average molecular weight is 246 g/mol. The summed E-state index contributed by atoms with van der Waals surface area (Å²) >= 11 is 0. The Labute approximate surface area is 114 Å². The summed E-state index contributed by atoms with van der Waals surface area (Å²) in [5.41, 5.74) is 1.78. The summed E-state index contributed by atoms with van der Waals surface area (Å²) in [4.78, 5) is 0. The van der Waals surface area contributed by atoms with Crippen LogP contribution in [0.3, 0.4) is 0 Å². The van der Waals surface area contributed by atoms with Gasteiger partial charge >= 0.3 is 0 Å². The van der Waals surface area contributed by atoms with Gasteiger partial charge in [-0.05, 0) is 49.9 Å². The molecule has 2 rings (SSSR count). The molecule has 0 radical (unpaired) electrons. The topological polar surface area (TPSA) is 0 Å². The minimum atomic E-state index is 0.822. The Morgan fingerprint density at radius 3 is 2.56 bits per heavy atom. The van der Waals surface area contributed by atoms with Crippen LogP contribution in [0.4, 0.5) is 0 Å². The summed E-state index contributed by atoms with van der Waals surface area (Å²) in [6.07, 6.45) is 20.0. The molecule has 2 atom stereocenters. The van der Waals surface area contributed by atoms with E-state index in [1.54, 1.807) is 5.57 Å². The molecule has 0 heterocycles. The van der Waals surface area contributed by atoms with Gasteiger partial charge in [0.1, 0.15) is 0 Å². The Morgan fingerprint density at radius 1 is 0.944 bits per heavy atom. The molecule has 0 bridgehead atoms. The second kappa shape index (κ2) is 7.16. The monoisotopic (exact) mass is 246 g/mol. The van der Waals surface area contributed by atoms with Gasteiger partial charge in [0, 0.05) is 0 Å². The fraction of sp³-hybridized carbons (Fsp3) is 0.778. The van der Waals surface area contributed by atoms with Crippen molar-refractivity contribution in [2.75, 3.05) is 0 Å². The molecule has 0 aliphatic heterocycles. The van der Waals surface area contributed by atoms with Crippen molar-refractivity contribution in [3.8, 4) is 0 Å². The lowest BCUT2D eigenvalue weighted by Crippen LogP contribution is -2.09. The lowest BCUT2D eigenvalue weighted by Gasteiger charge is -2.20. The molecule has 1 fully saturated rings. The van der Waals surface area contributed by atoms with Crippen LogP contribution in [0.2, 0.25) is 0 Å². The highest BCUT2D eigenvalue weighted by molar-refractivity contribution is 5.22. The van der Waals surface area contributed by atoms with Gasteiger partial charge in [-0.25, -0.2) is 0 Å². The molecule has 1 saturated carbocycles. The van der Waals surface area contributed by atoms with Crippen LogP contribution < -0.4 is 0 Å². The molecule has 0 saturated heterocycles. The first-order chi connectivity index (χ1) is 8.79. The minimum Gasteiger partial charge on any atom is -0.0845 e. The van der Waals surface area contributed by atoms with Crippen LogP contribution in [-0.4, -0.2) is 0 Å². The van der Waals surface area contributed by atoms with Crippen molar-refractivity contribution in [1.82, 2.24) is 0 Å². The first kappa shape index (κ1) is 13.9. The van der Waals surface area contributed by atoms with Gasteiger partial charge in [-0.15, -0.1) is 0 Å². The average Bonchev–Trinajstić information content (AvgIpc) is 2.72. The van der Waals surface area contributed by atoms with E-state index in [0.29, 0.717) is 0 Å². The third-order valence-electron chi connectivity index (χ3n) is 4.88. The predicted molar refractivity (Wildman–Crippen MR) is 80.6 cm³/mol. The van der Waals surface area contributed by atoms with Crippen LogP contribution in [0.1, 0.15) is 71.6 Å². The first-order valence-electron chi connectivity index (χ1n) is 8.15. The van der Waals surface area contributed by atoms with Gasteiger partial charge in [0.05, 0.1) is 0 Å². The maximum Gasteiger partial charge on any atom is -0.0174 e. The summed E-state index contributed by atoms with van der Waals surface area (Å²) in [5, 5.41) is 0. The van der Waals surface area contributed by atoms with Gasteiger partial charge in [0.25, 0.3) is 0 Å². The van der Waals surface area contributed by atoms with Gasteiger partial charge in [-0.3, -0.25) is 0 Å². The summed E-state index contributed by atoms with van der Waals surface area (Å²) in [7, 11) is 0. The molecule has 0 spiro atoms. The van der Waals surface area contributed by atoms with E-state index in [9.17, 15) is 0 Å². The first-order valence-corrected chi connectivity index (χ1v) is 8.15. The van der Waals surface area contributed by atoms with Crippen LogP contribution in [0.15, 0.2) is 23.8 Å². The van der Waals surface area contributed by atoms with Gasteiger partial charge < -0.3 is 0 Å². The molecule has 18 heavy (non-hydrogen) atoms. The van der Waals surface area contributed by atoms with Crippen LogP contribution in [0.5, 0.6) is 0 Å². The number of fused-ring (bicyclic) bond motifs is 1. The molecule has 2 aliphatic rings. The molecule has 0 aromatic heterocycles.